The summed E-state index contributed by atoms with van der Waals surface area (Å²) in [4.78, 5) is 4.37. The van der Waals surface area contributed by atoms with E-state index in [1.165, 1.54) is 11.1 Å². The largest absolute Gasteiger partial charge is 0.395 e. The molecule has 1 aromatic heterocycles. The van der Waals surface area contributed by atoms with Gasteiger partial charge in [-0.2, -0.15) is 5.10 Å². The molecule has 1 atom stereocenters. The van der Waals surface area contributed by atoms with E-state index in [0.29, 0.717) is 27.3 Å². The summed E-state index contributed by atoms with van der Waals surface area (Å²) in [5.74, 6) is 0.920. The molecule has 3 aromatic rings. The van der Waals surface area contributed by atoms with E-state index in [4.69, 9.17) is 39.9 Å². The minimum Gasteiger partial charge on any atom is -0.395 e. The number of anilines is 1. The summed E-state index contributed by atoms with van der Waals surface area (Å²) in [6.07, 6.45) is 1.59. The average Bonchev–Trinajstić information content (AvgIpc) is 3.10. The fourth-order valence-corrected chi connectivity index (χ4v) is 5.47. The summed E-state index contributed by atoms with van der Waals surface area (Å²) in [7, 11) is 3.98. The monoisotopic (exact) mass is 492 g/mol. The predicted molar refractivity (Wildman–Crippen MR) is 133 cm³/mol. The van der Waals surface area contributed by atoms with Crippen molar-refractivity contribution in [3.05, 3.63) is 73.9 Å². The van der Waals surface area contributed by atoms with Crippen LogP contribution in [0.15, 0.2) is 36.4 Å². The van der Waals surface area contributed by atoms with Gasteiger partial charge in [-0.05, 0) is 36.1 Å². The number of aliphatic hydroxyl groups is 1. The molecule has 4 rings (SSSR count). The van der Waals surface area contributed by atoms with E-state index in [2.05, 4.69) is 36.1 Å². The third-order valence-corrected chi connectivity index (χ3v) is 6.82. The molecule has 0 aliphatic carbocycles. The van der Waals surface area contributed by atoms with Crippen molar-refractivity contribution < 1.29 is 5.11 Å². The summed E-state index contributed by atoms with van der Waals surface area (Å²) in [6, 6.07) is 11.9. The minimum atomic E-state index is 0.0516. The van der Waals surface area contributed by atoms with Crippen molar-refractivity contribution >= 4 is 40.6 Å². The lowest BCUT2D eigenvalue weighted by molar-refractivity contribution is 0.0995. The van der Waals surface area contributed by atoms with E-state index >= 15 is 0 Å². The Kier molecular flexibility index (Phi) is 7.03. The van der Waals surface area contributed by atoms with Crippen LogP contribution in [0.1, 0.15) is 29.3 Å². The van der Waals surface area contributed by atoms with E-state index in [0.717, 1.165) is 36.5 Å². The van der Waals surface area contributed by atoms with Gasteiger partial charge in [0.1, 0.15) is 11.5 Å². The van der Waals surface area contributed by atoms with Crippen molar-refractivity contribution in [2.75, 3.05) is 25.6 Å². The normalized spacial score (nSPS) is 16.3. The zero-order valence-electron chi connectivity index (χ0n) is 18.4. The fourth-order valence-electron chi connectivity index (χ4n) is 4.49. The van der Waals surface area contributed by atoms with Gasteiger partial charge in [0.15, 0.2) is 0 Å². The number of fused-ring (bicyclic) bond motifs is 1. The van der Waals surface area contributed by atoms with Crippen LogP contribution >= 0.6 is 34.8 Å². The molecule has 2 aromatic carbocycles. The molecular formula is C24H27Cl3N4O. The number of aryl methyl sites for hydroxylation is 1. The maximum absolute atomic E-state index is 10.1. The van der Waals surface area contributed by atoms with E-state index in [-0.39, 0.29) is 12.6 Å². The van der Waals surface area contributed by atoms with Gasteiger partial charge in [-0.1, -0.05) is 66.0 Å². The molecule has 0 fully saturated rings. The molecular weight excluding hydrogens is 467 g/mol. The quantitative estimate of drug-likeness (QED) is 0.501. The summed E-state index contributed by atoms with van der Waals surface area (Å²) < 4.78 is 1.82. The summed E-state index contributed by atoms with van der Waals surface area (Å²) in [5, 5.41) is 16.4. The van der Waals surface area contributed by atoms with Crippen molar-refractivity contribution in [2.24, 2.45) is 0 Å². The number of rotatable bonds is 6. The molecule has 0 amide bonds. The van der Waals surface area contributed by atoms with Crippen molar-refractivity contribution in [2.45, 2.75) is 38.9 Å². The second-order valence-corrected chi connectivity index (χ2v) is 9.59. The highest BCUT2D eigenvalue weighted by molar-refractivity contribution is 6.40. The molecule has 32 heavy (non-hydrogen) atoms. The van der Waals surface area contributed by atoms with E-state index in [1.54, 1.807) is 12.1 Å². The molecule has 8 heteroatoms. The third kappa shape index (κ3) is 4.37. The lowest BCUT2D eigenvalue weighted by Crippen LogP contribution is -2.42. The summed E-state index contributed by atoms with van der Waals surface area (Å²) in [5.41, 5.74) is 5.31. The standard InChI is InChI=1S/C24H27Cl3N4O/c1-4-22-19(13-30-12-16-8-6-5-7-15(16)9-18(30)14-32)24(29(2)3)31(28-22)23-20(26)10-17(25)11-21(23)27/h5-8,10-11,18,32H,4,9,12-14H2,1-3H3. The van der Waals surface area contributed by atoms with Gasteiger partial charge in [-0.25, -0.2) is 4.68 Å². The number of aliphatic hydroxyl groups excluding tert-OH is 1. The zero-order valence-corrected chi connectivity index (χ0v) is 20.7. The van der Waals surface area contributed by atoms with Gasteiger partial charge >= 0.3 is 0 Å². The molecule has 0 radical (unpaired) electrons. The van der Waals surface area contributed by atoms with Gasteiger partial charge in [-0.3, -0.25) is 4.90 Å². The van der Waals surface area contributed by atoms with Crippen molar-refractivity contribution in [1.29, 1.82) is 0 Å². The fraction of sp³-hybridized carbons (Fsp3) is 0.375. The molecule has 0 spiro atoms. The van der Waals surface area contributed by atoms with E-state index < -0.39 is 0 Å². The van der Waals surface area contributed by atoms with Gasteiger partial charge in [-0.15, -0.1) is 0 Å². The molecule has 1 unspecified atom stereocenters. The van der Waals surface area contributed by atoms with Crippen molar-refractivity contribution in [3.8, 4) is 5.69 Å². The second kappa shape index (κ2) is 9.62. The van der Waals surface area contributed by atoms with Crippen LogP contribution in [0.4, 0.5) is 5.82 Å². The summed E-state index contributed by atoms with van der Waals surface area (Å²) in [6.45, 7) is 3.65. The van der Waals surface area contributed by atoms with Gasteiger partial charge in [0.05, 0.1) is 22.3 Å². The number of hydrogen-bond acceptors (Lipinski definition) is 4. The maximum atomic E-state index is 10.1. The molecule has 2 heterocycles. The van der Waals surface area contributed by atoms with Crippen LogP contribution in [0.3, 0.4) is 0 Å². The van der Waals surface area contributed by atoms with E-state index in [1.807, 2.05) is 23.7 Å². The Hall–Kier alpha value is -1.76. The molecule has 0 saturated carbocycles. The van der Waals surface area contributed by atoms with Crippen LogP contribution in [0.5, 0.6) is 0 Å². The first-order chi connectivity index (χ1) is 15.3. The Morgan fingerprint density at radius 3 is 2.34 bits per heavy atom. The zero-order chi connectivity index (χ0) is 23.0. The Morgan fingerprint density at radius 2 is 1.75 bits per heavy atom. The third-order valence-electron chi connectivity index (χ3n) is 6.03. The Bertz CT molecular complexity index is 1110. The molecule has 1 aliphatic rings. The second-order valence-electron chi connectivity index (χ2n) is 8.34. The molecule has 1 aliphatic heterocycles. The van der Waals surface area contributed by atoms with Crippen LogP contribution in [-0.2, 0) is 25.9 Å². The highest BCUT2D eigenvalue weighted by atomic mass is 35.5. The molecule has 0 bridgehead atoms. The lowest BCUT2D eigenvalue weighted by atomic mass is 9.93. The Labute approximate surface area is 204 Å². The molecule has 170 valence electrons. The highest BCUT2D eigenvalue weighted by Crippen LogP contribution is 2.37. The summed E-state index contributed by atoms with van der Waals surface area (Å²) >= 11 is 19.2. The Morgan fingerprint density at radius 1 is 1.09 bits per heavy atom. The first-order valence-corrected chi connectivity index (χ1v) is 11.8. The highest BCUT2D eigenvalue weighted by Gasteiger charge is 2.30. The van der Waals surface area contributed by atoms with Crippen molar-refractivity contribution in [1.82, 2.24) is 14.7 Å². The average molecular weight is 494 g/mol. The van der Waals surface area contributed by atoms with Crippen molar-refractivity contribution in [3.63, 3.8) is 0 Å². The minimum absolute atomic E-state index is 0.0516. The number of aromatic nitrogens is 2. The number of nitrogens with zero attached hydrogens (tertiary/aromatic N) is 4. The first-order valence-electron chi connectivity index (χ1n) is 10.7. The molecule has 0 saturated heterocycles. The van der Waals surface area contributed by atoms with Gasteiger partial charge in [0.25, 0.3) is 0 Å². The molecule has 1 N–H and O–H groups in total. The van der Waals surface area contributed by atoms with Crippen LogP contribution in [0, 0.1) is 0 Å². The first kappa shape index (κ1) is 23.4. The lowest BCUT2D eigenvalue weighted by Gasteiger charge is -2.36. The smallest absolute Gasteiger partial charge is 0.136 e. The topological polar surface area (TPSA) is 44.5 Å². The number of benzene rings is 2. The molecule has 5 nitrogen and oxygen atoms in total. The predicted octanol–water partition coefficient (Wildman–Crippen LogP) is 5.38. The SMILES string of the molecule is CCc1nn(-c2c(Cl)cc(Cl)cc2Cl)c(N(C)C)c1CN1Cc2ccccc2CC1CO. The van der Waals surface area contributed by atoms with Crippen LogP contribution in [-0.4, -0.2) is 46.5 Å². The number of hydrogen-bond donors (Lipinski definition) is 1. The van der Waals surface area contributed by atoms with E-state index in [9.17, 15) is 5.11 Å². The van der Waals surface area contributed by atoms with Gasteiger partial charge < -0.3 is 10.0 Å². The van der Waals surface area contributed by atoms with Crippen LogP contribution < -0.4 is 4.90 Å². The van der Waals surface area contributed by atoms with Crippen LogP contribution in [0.25, 0.3) is 5.69 Å². The van der Waals surface area contributed by atoms with Gasteiger partial charge in [0, 0.05) is 43.8 Å². The Balaban J connectivity index is 1.80. The van der Waals surface area contributed by atoms with Crippen LogP contribution in [0.2, 0.25) is 15.1 Å². The maximum Gasteiger partial charge on any atom is 0.136 e. The van der Waals surface area contributed by atoms with Gasteiger partial charge in [0.2, 0.25) is 0 Å². The number of halogens is 3.